The van der Waals surface area contributed by atoms with Gasteiger partial charge in [-0.05, 0) is 30.5 Å². The highest BCUT2D eigenvalue weighted by atomic mass is 16.6. The first-order chi connectivity index (χ1) is 11.7. The molecule has 1 aliphatic carbocycles. The van der Waals surface area contributed by atoms with Crippen LogP contribution < -0.4 is 10.1 Å². The summed E-state index contributed by atoms with van der Waals surface area (Å²) in [5, 5.41) is 3.11. The smallest absolute Gasteiger partial charge is 0.230 e. The SMILES string of the molecule is COc1ccc(C2(C(=O)NCC3COCCO3)CCCCC2)cc1. The fourth-order valence-corrected chi connectivity index (χ4v) is 3.74. The van der Waals surface area contributed by atoms with E-state index in [1.807, 2.05) is 24.3 Å². The summed E-state index contributed by atoms with van der Waals surface area (Å²) in [5.74, 6) is 0.930. The van der Waals surface area contributed by atoms with E-state index in [0.717, 1.165) is 37.0 Å². The average molecular weight is 333 g/mol. The second kappa shape index (κ2) is 7.99. The molecular formula is C19H27NO4. The summed E-state index contributed by atoms with van der Waals surface area (Å²) < 4.78 is 16.3. The molecule has 5 heteroatoms. The number of benzene rings is 1. The van der Waals surface area contributed by atoms with Gasteiger partial charge in [0.2, 0.25) is 5.91 Å². The minimum atomic E-state index is -0.431. The first kappa shape index (κ1) is 17.2. The molecule has 3 rings (SSSR count). The molecule has 1 saturated carbocycles. The van der Waals surface area contributed by atoms with Gasteiger partial charge in [-0.25, -0.2) is 0 Å². The van der Waals surface area contributed by atoms with E-state index in [2.05, 4.69) is 5.32 Å². The van der Waals surface area contributed by atoms with Crippen LogP contribution in [-0.4, -0.2) is 45.5 Å². The Balaban J connectivity index is 1.72. The summed E-state index contributed by atoms with van der Waals surface area (Å²) in [4.78, 5) is 13.1. The van der Waals surface area contributed by atoms with E-state index >= 15 is 0 Å². The molecule has 24 heavy (non-hydrogen) atoms. The molecule has 0 radical (unpaired) electrons. The van der Waals surface area contributed by atoms with Gasteiger partial charge in [0.05, 0.1) is 38.4 Å². The Morgan fingerprint density at radius 3 is 2.58 bits per heavy atom. The lowest BCUT2D eigenvalue weighted by atomic mass is 9.68. The van der Waals surface area contributed by atoms with Crippen molar-refractivity contribution < 1.29 is 19.0 Å². The lowest BCUT2D eigenvalue weighted by molar-refractivity contribution is -0.130. The second-order valence-corrected chi connectivity index (χ2v) is 6.65. The van der Waals surface area contributed by atoms with Crippen molar-refractivity contribution in [1.29, 1.82) is 0 Å². The van der Waals surface area contributed by atoms with Crippen molar-refractivity contribution in [2.24, 2.45) is 0 Å². The molecule has 1 aromatic carbocycles. The van der Waals surface area contributed by atoms with Crippen LogP contribution in [0.1, 0.15) is 37.7 Å². The Morgan fingerprint density at radius 1 is 1.21 bits per heavy atom. The molecule has 0 aromatic heterocycles. The van der Waals surface area contributed by atoms with Gasteiger partial charge >= 0.3 is 0 Å². The lowest BCUT2D eigenvalue weighted by Gasteiger charge is -2.37. The first-order valence-corrected chi connectivity index (χ1v) is 8.87. The predicted molar refractivity (Wildman–Crippen MR) is 91.3 cm³/mol. The minimum Gasteiger partial charge on any atom is -0.497 e. The van der Waals surface area contributed by atoms with E-state index in [1.165, 1.54) is 6.42 Å². The van der Waals surface area contributed by atoms with E-state index in [0.29, 0.717) is 26.4 Å². The number of nitrogens with one attached hydrogen (secondary N) is 1. The number of carbonyl (C=O) groups is 1. The van der Waals surface area contributed by atoms with Crippen LogP contribution in [0.5, 0.6) is 5.75 Å². The third-order valence-electron chi connectivity index (χ3n) is 5.16. The maximum atomic E-state index is 13.1. The Morgan fingerprint density at radius 2 is 1.96 bits per heavy atom. The first-order valence-electron chi connectivity index (χ1n) is 8.87. The molecule has 1 saturated heterocycles. The van der Waals surface area contributed by atoms with E-state index < -0.39 is 5.41 Å². The summed E-state index contributed by atoms with van der Waals surface area (Å²) in [5.41, 5.74) is 0.654. The Kier molecular flexibility index (Phi) is 5.74. The monoisotopic (exact) mass is 333 g/mol. The predicted octanol–water partition coefficient (Wildman–Crippen LogP) is 2.43. The Labute approximate surface area is 143 Å². The highest BCUT2D eigenvalue weighted by Gasteiger charge is 2.41. The van der Waals surface area contributed by atoms with Crippen molar-refractivity contribution in [2.45, 2.75) is 43.6 Å². The summed E-state index contributed by atoms with van der Waals surface area (Å²) in [6.45, 7) is 2.30. The number of ether oxygens (including phenoxy) is 3. The molecule has 1 aromatic rings. The fraction of sp³-hybridized carbons (Fsp3) is 0.632. The van der Waals surface area contributed by atoms with Crippen molar-refractivity contribution in [1.82, 2.24) is 5.32 Å². The van der Waals surface area contributed by atoms with Crippen LogP contribution in [0.4, 0.5) is 0 Å². The van der Waals surface area contributed by atoms with Crippen molar-refractivity contribution in [3.63, 3.8) is 0 Å². The highest BCUT2D eigenvalue weighted by molar-refractivity contribution is 5.88. The van der Waals surface area contributed by atoms with Crippen LogP contribution in [0, 0.1) is 0 Å². The van der Waals surface area contributed by atoms with E-state index in [9.17, 15) is 4.79 Å². The van der Waals surface area contributed by atoms with Crippen molar-refractivity contribution in [3.8, 4) is 5.75 Å². The lowest BCUT2D eigenvalue weighted by Crippen LogP contribution is -2.49. The van der Waals surface area contributed by atoms with Gasteiger partial charge in [0.1, 0.15) is 5.75 Å². The van der Waals surface area contributed by atoms with Crippen LogP contribution >= 0.6 is 0 Å². The van der Waals surface area contributed by atoms with Gasteiger partial charge < -0.3 is 19.5 Å². The number of hydrogen-bond acceptors (Lipinski definition) is 4. The fourth-order valence-electron chi connectivity index (χ4n) is 3.74. The molecule has 0 spiro atoms. The van der Waals surface area contributed by atoms with Gasteiger partial charge in [-0.15, -0.1) is 0 Å². The van der Waals surface area contributed by atoms with E-state index in [4.69, 9.17) is 14.2 Å². The van der Waals surface area contributed by atoms with Crippen LogP contribution in [-0.2, 0) is 19.7 Å². The number of rotatable bonds is 5. The standard InChI is InChI=1S/C19H27NO4/c1-22-16-7-5-15(6-8-16)19(9-3-2-4-10-19)18(21)20-13-17-14-23-11-12-24-17/h5-8,17H,2-4,9-14H2,1H3,(H,20,21). The summed E-state index contributed by atoms with van der Waals surface area (Å²) in [7, 11) is 1.66. The second-order valence-electron chi connectivity index (χ2n) is 6.65. The van der Waals surface area contributed by atoms with Gasteiger partial charge in [0.15, 0.2) is 0 Å². The molecule has 0 bridgehead atoms. The molecular weight excluding hydrogens is 306 g/mol. The average Bonchev–Trinajstić information content (AvgIpc) is 2.67. The molecule has 2 fully saturated rings. The molecule has 132 valence electrons. The van der Waals surface area contributed by atoms with Crippen LogP contribution in [0.25, 0.3) is 0 Å². The Hall–Kier alpha value is -1.59. The molecule has 1 heterocycles. The zero-order chi connectivity index (χ0) is 16.8. The third kappa shape index (κ3) is 3.73. The van der Waals surface area contributed by atoms with E-state index in [1.54, 1.807) is 7.11 Å². The van der Waals surface area contributed by atoms with E-state index in [-0.39, 0.29) is 12.0 Å². The molecule has 1 unspecified atom stereocenters. The number of carbonyl (C=O) groups excluding carboxylic acids is 1. The molecule has 1 atom stereocenters. The van der Waals surface area contributed by atoms with Crippen molar-refractivity contribution in [2.75, 3.05) is 33.5 Å². The van der Waals surface area contributed by atoms with Crippen LogP contribution in [0.3, 0.4) is 0 Å². The van der Waals surface area contributed by atoms with Crippen LogP contribution in [0.2, 0.25) is 0 Å². The molecule has 1 N–H and O–H groups in total. The maximum absolute atomic E-state index is 13.1. The van der Waals surface area contributed by atoms with Crippen molar-refractivity contribution in [3.05, 3.63) is 29.8 Å². The normalized spacial score (nSPS) is 23.5. The molecule has 1 amide bonds. The largest absolute Gasteiger partial charge is 0.497 e. The molecule has 2 aliphatic rings. The third-order valence-corrected chi connectivity index (χ3v) is 5.16. The van der Waals surface area contributed by atoms with Gasteiger partial charge in [-0.2, -0.15) is 0 Å². The summed E-state index contributed by atoms with van der Waals surface area (Å²) in [6.07, 6.45) is 5.12. The number of hydrogen-bond donors (Lipinski definition) is 1. The summed E-state index contributed by atoms with van der Waals surface area (Å²) >= 11 is 0. The quantitative estimate of drug-likeness (QED) is 0.899. The van der Waals surface area contributed by atoms with Crippen LogP contribution in [0.15, 0.2) is 24.3 Å². The summed E-state index contributed by atoms with van der Waals surface area (Å²) in [6, 6.07) is 7.95. The topological polar surface area (TPSA) is 56.8 Å². The highest BCUT2D eigenvalue weighted by Crippen LogP contribution is 2.40. The maximum Gasteiger partial charge on any atom is 0.230 e. The number of amides is 1. The Bertz CT molecular complexity index is 531. The van der Waals surface area contributed by atoms with Gasteiger partial charge in [-0.1, -0.05) is 31.4 Å². The van der Waals surface area contributed by atoms with Gasteiger partial charge in [0, 0.05) is 6.54 Å². The zero-order valence-corrected chi connectivity index (χ0v) is 14.4. The molecule has 5 nitrogen and oxygen atoms in total. The zero-order valence-electron chi connectivity index (χ0n) is 14.4. The van der Waals surface area contributed by atoms with Gasteiger partial charge in [0.25, 0.3) is 0 Å². The van der Waals surface area contributed by atoms with Gasteiger partial charge in [-0.3, -0.25) is 4.79 Å². The molecule has 1 aliphatic heterocycles. The minimum absolute atomic E-state index is 0.0424. The number of methoxy groups -OCH3 is 1. The van der Waals surface area contributed by atoms with Crippen molar-refractivity contribution >= 4 is 5.91 Å².